The van der Waals surface area contributed by atoms with Gasteiger partial charge in [-0.05, 0) is 48.5 Å². The number of nitrogens with zero attached hydrogens (tertiary/aromatic N) is 1. The molecule has 0 saturated heterocycles. The summed E-state index contributed by atoms with van der Waals surface area (Å²) in [6, 6.07) is 10.7. The number of hydrogen-bond acceptors (Lipinski definition) is 5. The molecule has 9 heteroatoms. The van der Waals surface area contributed by atoms with Crippen molar-refractivity contribution in [1.29, 1.82) is 0 Å². The summed E-state index contributed by atoms with van der Waals surface area (Å²) in [5, 5.41) is 18.9. The molecule has 1 aromatic heterocycles. The van der Waals surface area contributed by atoms with E-state index in [1.165, 1.54) is 55.5 Å². The number of rotatable bonds is 5. The van der Waals surface area contributed by atoms with E-state index in [0.29, 0.717) is 11.3 Å². The van der Waals surface area contributed by atoms with Gasteiger partial charge >= 0.3 is 0 Å². The van der Waals surface area contributed by atoms with Gasteiger partial charge < -0.3 is 10.4 Å². The second kappa shape index (κ2) is 7.20. The van der Waals surface area contributed by atoms with E-state index >= 15 is 0 Å². The van der Waals surface area contributed by atoms with Crippen LogP contribution in [0.2, 0.25) is 0 Å². The van der Waals surface area contributed by atoms with E-state index in [4.69, 9.17) is 0 Å². The van der Waals surface area contributed by atoms with Gasteiger partial charge in [0.05, 0.1) is 22.0 Å². The standard InChI is InChI=1S/C18H16FN3O4S/c1-2-27(25,26)13-7-8-17(23)15(9-13)20-18(24)16-10-14(21-22-16)11-3-5-12(19)6-4-11/h3-10,23H,2H2,1H3,(H,20,24)(H,21,22). The molecule has 0 aliphatic heterocycles. The number of aromatic hydroxyl groups is 1. The van der Waals surface area contributed by atoms with Crippen LogP contribution in [0.25, 0.3) is 11.3 Å². The van der Waals surface area contributed by atoms with Crippen LogP contribution in [-0.4, -0.2) is 35.4 Å². The highest BCUT2D eigenvalue weighted by molar-refractivity contribution is 7.91. The predicted molar refractivity (Wildman–Crippen MR) is 97.8 cm³/mol. The molecule has 7 nitrogen and oxygen atoms in total. The fraction of sp³-hybridized carbons (Fsp3) is 0.111. The molecular weight excluding hydrogens is 373 g/mol. The fourth-order valence-corrected chi connectivity index (χ4v) is 3.28. The minimum atomic E-state index is -3.49. The minimum Gasteiger partial charge on any atom is -0.506 e. The zero-order valence-electron chi connectivity index (χ0n) is 14.2. The number of hydrogen-bond donors (Lipinski definition) is 3. The van der Waals surface area contributed by atoms with Gasteiger partial charge in [0.1, 0.15) is 17.3 Å². The third-order valence-corrected chi connectivity index (χ3v) is 5.65. The monoisotopic (exact) mass is 389 g/mol. The van der Waals surface area contributed by atoms with Gasteiger partial charge in [-0.2, -0.15) is 5.10 Å². The zero-order valence-corrected chi connectivity index (χ0v) is 15.0. The van der Waals surface area contributed by atoms with Crippen LogP contribution in [0, 0.1) is 5.82 Å². The molecule has 0 atom stereocenters. The average molecular weight is 389 g/mol. The molecule has 0 spiro atoms. The molecule has 0 bridgehead atoms. The Morgan fingerprint density at radius 2 is 1.89 bits per heavy atom. The molecule has 3 rings (SSSR count). The van der Waals surface area contributed by atoms with Crippen LogP contribution in [0.3, 0.4) is 0 Å². The van der Waals surface area contributed by atoms with Gasteiger partial charge in [0.25, 0.3) is 5.91 Å². The van der Waals surface area contributed by atoms with E-state index in [1.54, 1.807) is 0 Å². The molecule has 0 radical (unpaired) electrons. The Morgan fingerprint density at radius 1 is 1.19 bits per heavy atom. The first-order chi connectivity index (χ1) is 12.8. The number of nitrogens with one attached hydrogen (secondary N) is 2. The molecule has 0 unspecified atom stereocenters. The molecule has 0 fully saturated rings. The quantitative estimate of drug-likeness (QED) is 0.581. The van der Waals surface area contributed by atoms with Crippen LogP contribution in [0.1, 0.15) is 17.4 Å². The largest absolute Gasteiger partial charge is 0.506 e. The Morgan fingerprint density at radius 3 is 2.56 bits per heavy atom. The molecule has 3 aromatic rings. The van der Waals surface area contributed by atoms with Gasteiger partial charge in [0.15, 0.2) is 9.84 Å². The number of anilines is 1. The van der Waals surface area contributed by atoms with E-state index in [2.05, 4.69) is 15.5 Å². The first-order valence-electron chi connectivity index (χ1n) is 7.98. The molecular formula is C18H16FN3O4S. The summed E-state index contributed by atoms with van der Waals surface area (Å²) in [4.78, 5) is 12.4. The molecule has 0 aliphatic rings. The Hall–Kier alpha value is -3.20. The van der Waals surface area contributed by atoms with Crippen molar-refractivity contribution in [2.45, 2.75) is 11.8 Å². The first-order valence-corrected chi connectivity index (χ1v) is 9.64. The van der Waals surface area contributed by atoms with Crippen LogP contribution in [-0.2, 0) is 9.84 Å². The van der Waals surface area contributed by atoms with Crippen molar-refractivity contribution in [1.82, 2.24) is 10.2 Å². The maximum absolute atomic E-state index is 13.0. The molecule has 27 heavy (non-hydrogen) atoms. The highest BCUT2D eigenvalue weighted by Crippen LogP contribution is 2.27. The second-order valence-electron chi connectivity index (χ2n) is 5.71. The van der Waals surface area contributed by atoms with Crippen molar-refractivity contribution >= 4 is 21.4 Å². The normalized spacial score (nSPS) is 11.3. The van der Waals surface area contributed by atoms with Gasteiger partial charge in [-0.1, -0.05) is 6.92 Å². The summed E-state index contributed by atoms with van der Waals surface area (Å²) in [6.07, 6.45) is 0. The Balaban J connectivity index is 1.84. The van der Waals surface area contributed by atoms with E-state index in [1.807, 2.05) is 0 Å². The SMILES string of the molecule is CCS(=O)(=O)c1ccc(O)c(NC(=O)c2cc(-c3ccc(F)cc3)n[nH]2)c1. The Labute approximate surface area is 154 Å². The summed E-state index contributed by atoms with van der Waals surface area (Å²) in [5.74, 6) is -1.37. The van der Waals surface area contributed by atoms with Crippen LogP contribution in [0.5, 0.6) is 5.75 Å². The van der Waals surface area contributed by atoms with Crippen molar-refractivity contribution in [2.75, 3.05) is 11.1 Å². The van der Waals surface area contributed by atoms with E-state index in [-0.39, 0.29) is 33.6 Å². The van der Waals surface area contributed by atoms with Gasteiger partial charge in [-0.15, -0.1) is 0 Å². The Kier molecular flexibility index (Phi) is 4.95. The van der Waals surface area contributed by atoms with Gasteiger partial charge in [0.2, 0.25) is 0 Å². The molecule has 3 N–H and O–H groups in total. The summed E-state index contributed by atoms with van der Waals surface area (Å²) < 4.78 is 36.9. The maximum Gasteiger partial charge on any atom is 0.273 e. The lowest BCUT2D eigenvalue weighted by Gasteiger charge is -2.08. The number of aromatic nitrogens is 2. The van der Waals surface area contributed by atoms with Crippen molar-refractivity contribution in [3.63, 3.8) is 0 Å². The molecule has 1 amide bonds. The molecule has 0 saturated carbocycles. The number of H-pyrrole nitrogens is 1. The minimum absolute atomic E-state index is 0.00490. The van der Waals surface area contributed by atoms with Gasteiger partial charge in [-0.3, -0.25) is 9.89 Å². The predicted octanol–water partition coefficient (Wildman–Crippen LogP) is 2.97. The number of amides is 1. The van der Waals surface area contributed by atoms with Gasteiger partial charge in [-0.25, -0.2) is 12.8 Å². The maximum atomic E-state index is 13.0. The number of carbonyl (C=O) groups excluding carboxylic acids is 1. The molecule has 0 aliphatic carbocycles. The molecule has 2 aromatic carbocycles. The van der Waals surface area contributed by atoms with Crippen LogP contribution < -0.4 is 5.32 Å². The lowest BCUT2D eigenvalue weighted by Crippen LogP contribution is -2.13. The van der Waals surface area contributed by atoms with Crippen LogP contribution >= 0.6 is 0 Å². The van der Waals surface area contributed by atoms with Crippen molar-refractivity contribution in [3.05, 3.63) is 60.0 Å². The van der Waals surface area contributed by atoms with Gasteiger partial charge in [0, 0.05) is 5.56 Å². The number of halogens is 1. The third kappa shape index (κ3) is 3.98. The summed E-state index contributed by atoms with van der Waals surface area (Å²) >= 11 is 0. The topological polar surface area (TPSA) is 112 Å². The lowest BCUT2D eigenvalue weighted by molar-refractivity contribution is 0.102. The zero-order chi connectivity index (χ0) is 19.6. The number of carbonyl (C=O) groups is 1. The van der Waals surface area contributed by atoms with E-state index in [9.17, 15) is 22.7 Å². The Bertz CT molecular complexity index is 1090. The lowest BCUT2D eigenvalue weighted by atomic mass is 10.1. The highest BCUT2D eigenvalue weighted by atomic mass is 32.2. The summed E-state index contributed by atoms with van der Waals surface area (Å²) in [5.41, 5.74) is 1.11. The molecule has 140 valence electrons. The van der Waals surface area contributed by atoms with Crippen molar-refractivity contribution < 1.29 is 22.7 Å². The van der Waals surface area contributed by atoms with E-state index in [0.717, 1.165) is 0 Å². The second-order valence-corrected chi connectivity index (χ2v) is 7.99. The third-order valence-electron chi connectivity index (χ3n) is 3.92. The number of sulfone groups is 1. The fourth-order valence-electron chi connectivity index (χ4n) is 2.37. The van der Waals surface area contributed by atoms with E-state index < -0.39 is 15.7 Å². The number of aromatic amines is 1. The smallest absolute Gasteiger partial charge is 0.273 e. The number of phenols is 1. The molecule has 1 heterocycles. The van der Waals surface area contributed by atoms with Crippen LogP contribution in [0.4, 0.5) is 10.1 Å². The van der Waals surface area contributed by atoms with Crippen molar-refractivity contribution in [3.8, 4) is 17.0 Å². The van der Waals surface area contributed by atoms with Crippen molar-refractivity contribution in [2.24, 2.45) is 0 Å². The summed E-state index contributed by atoms with van der Waals surface area (Å²) in [7, 11) is -3.49. The number of benzene rings is 2. The summed E-state index contributed by atoms with van der Waals surface area (Å²) in [6.45, 7) is 1.50. The number of phenolic OH excluding ortho intramolecular Hbond substituents is 1. The van der Waals surface area contributed by atoms with Crippen LogP contribution in [0.15, 0.2) is 53.4 Å². The first kappa shape index (κ1) is 18.6. The average Bonchev–Trinajstić information content (AvgIpc) is 3.14. The highest BCUT2D eigenvalue weighted by Gasteiger charge is 2.17.